The van der Waals surface area contributed by atoms with Gasteiger partial charge in [-0.1, -0.05) is 30.3 Å². The van der Waals surface area contributed by atoms with Crippen molar-refractivity contribution in [3.8, 4) is 10.4 Å². The maximum Gasteiger partial charge on any atom is 0.256 e. The van der Waals surface area contributed by atoms with Crippen LogP contribution >= 0.6 is 11.3 Å². The highest BCUT2D eigenvalue weighted by Crippen LogP contribution is 2.33. The second-order valence-electron chi connectivity index (χ2n) is 7.47. The van der Waals surface area contributed by atoms with E-state index in [1.165, 1.54) is 0 Å². The number of amides is 3. The van der Waals surface area contributed by atoms with Gasteiger partial charge in [0.05, 0.1) is 11.3 Å². The number of hydrogen-bond acceptors (Lipinski definition) is 4. The predicted molar refractivity (Wildman–Crippen MR) is 116 cm³/mol. The van der Waals surface area contributed by atoms with Crippen LogP contribution in [0.1, 0.15) is 27.1 Å². The molecule has 2 atom stereocenters. The Hall–Kier alpha value is -3.45. The lowest BCUT2D eigenvalue weighted by Gasteiger charge is -2.20. The van der Waals surface area contributed by atoms with Crippen molar-refractivity contribution in [1.29, 1.82) is 0 Å². The Bertz CT molecular complexity index is 1130. The van der Waals surface area contributed by atoms with Crippen molar-refractivity contribution < 1.29 is 14.4 Å². The minimum atomic E-state index is -0.601. The van der Waals surface area contributed by atoms with Crippen molar-refractivity contribution in [3.63, 3.8) is 0 Å². The van der Waals surface area contributed by atoms with Gasteiger partial charge in [-0.3, -0.25) is 14.4 Å². The highest BCUT2D eigenvalue weighted by Gasteiger charge is 2.43. The summed E-state index contributed by atoms with van der Waals surface area (Å²) in [5, 5.41) is 7.84. The molecule has 0 unspecified atom stereocenters. The Kier molecular flexibility index (Phi) is 4.59. The third-order valence-electron chi connectivity index (χ3n) is 5.55. The van der Waals surface area contributed by atoms with Crippen LogP contribution in [0.25, 0.3) is 10.4 Å². The first-order valence-electron chi connectivity index (χ1n) is 9.76. The van der Waals surface area contributed by atoms with Gasteiger partial charge in [0.1, 0.15) is 6.04 Å². The predicted octanol–water partition coefficient (Wildman–Crippen LogP) is 3.38. The zero-order valence-electron chi connectivity index (χ0n) is 16.0. The van der Waals surface area contributed by atoms with Crippen LogP contribution in [-0.4, -0.2) is 41.2 Å². The molecule has 1 aromatic heterocycles. The van der Waals surface area contributed by atoms with Crippen LogP contribution in [0.2, 0.25) is 0 Å². The number of rotatable bonds is 3. The highest BCUT2D eigenvalue weighted by atomic mass is 32.1. The first-order valence-corrected chi connectivity index (χ1v) is 10.6. The quantitative estimate of drug-likeness (QED) is 0.686. The molecule has 0 spiro atoms. The third-order valence-corrected chi connectivity index (χ3v) is 6.47. The van der Waals surface area contributed by atoms with Gasteiger partial charge in [-0.15, -0.1) is 11.3 Å². The van der Waals surface area contributed by atoms with E-state index in [4.69, 9.17) is 0 Å². The lowest BCUT2D eigenvalue weighted by atomic mass is 10.1. The molecule has 7 heteroatoms. The number of nitrogens with zero attached hydrogens (tertiary/aromatic N) is 1. The summed E-state index contributed by atoms with van der Waals surface area (Å²) in [7, 11) is 0. The summed E-state index contributed by atoms with van der Waals surface area (Å²) in [5.41, 5.74) is 2.51. The van der Waals surface area contributed by atoms with E-state index in [1.54, 1.807) is 46.6 Å². The van der Waals surface area contributed by atoms with Gasteiger partial charge in [0.15, 0.2) is 0 Å². The molecule has 0 bridgehead atoms. The Morgan fingerprint density at radius 1 is 1.07 bits per heavy atom. The van der Waals surface area contributed by atoms with Crippen LogP contribution in [0.3, 0.4) is 0 Å². The Labute approximate surface area is 177 Å². The molecule has 30 heavy (non-hydrogen) atoms. The second kappa shape index (κ2) is 7.42. The maximum absolute atomic E-state index is 13.3. The molecule has 2 aliphatic rings. The maximum atomic E-state index is 13.3. The Morgan fingerprint density at radius 3 is 2.67 bits per heavy atom. The molecule has 1 fully saturated rings. The van der Waals surface area contributed by atoms with Crippen LogP contribution in [0.4, 0.5) is 5.69 Å². The fraction of sp³-hybridized carbons (Fsp3) is 0.174. The average Bonchev–Trinajstić information content (AvgIpc) is 3.43. The third kappa shape index (κ3) is 3.27. The van der Waals surface area contributed by atoms with Gasteiger partial charge in [0.25, 0.3) is 11.8 Å². The first kappa shape index (κ1) is 18.6. The van der Waals surface area contributed by atoms with Crippen molar-refractivity contribution in [2.75, 3.05) is 11.9 Å². The summed E-state index contributed by atoms with van der Waals surface area (Å²) >= 11 is 1.60. The SMILES string of the molecule is O=C(N[C@H]1C[C@H]2C(=O)Nc3ccc(-c4cccs4)cc3C(=O)N2C1)c1ccccc1. The van der Waals surface area contributed by atoms with Gasteiger partial charge >= 0.3 is 0 Å². The van der Waals surface area contributed by atoms with Gasteiger partial charge in [-0.2, -0.15) is 0 Å². The minimum absolute atomic E-state index is 0.191. The molecule has 2 aliphatic heterocycles. The molecule has 0 radical (unpaired) electrons. The smallest absolute Gasteiger partial charge is 0.256 e. The molecule has 2 aromatic carbocycles. The number of nitrogens with one attached hydrogen (secondary N) is 2. The summed E-state index contributed by atoms with van der Waals surface area (Å²) in [5.74, 6) is -0.614. The van der Waals surface area contributed by atoms with E-state index in [-0.39, 0.29) is 23.8 Å². The van der Waals surface area contributed by atoms with Crippen molar-refractivity contribution in [1.82, 2.24) is 10.2 Å². The molecule has 3 aromatic rings. The summed E-state index contributed by atoms with van der Waals surface area (Å²) in [6.45, 7) is 0.304. The Balaban J connectivity index is 1.40. The number of fused-ring (bicyclic) bond motifs is 2. The molecular weight excluding hydrogens is 398 g/mol. The normalized spacial score (nSPS) is 20.2. The molecular formula is C23H19N3O3S. The fourth-order valence-electron chi connectivity index (χ4n) is 4.07. The van der Waals surface area contributed by atoms with Crippen LogP contribution < -0.4 is 10.6 Å². The van der Waals surface area contributed by atoms with E-state index in [9.17, 15) is 14.4 Å². The molecule has 2 N–H and O–H groups in total. The largest absolute Gasteiger partial charge is 0.347 e. The van der Waals surface area contributed by atoms with Crippen molar-refractivity contribution in [2.24, 2.45) is 0 Å². The van der Waals surface area contributed by atoms with Gasteiger partial charge in [-0.05, 0) is 47.7 Å². The van der Waals surface area contributed by atoms with E-state index < -0.39 is 6.04 Å². The minimum Gasteiger partial charge on any atom is -0.347 e. The van der Waals surface area contributed by atoms with E-state index in [0.717, 1.165) is 10.4 Å². The molecule has 5 rings (SSSR count). The number of carbonyl (C=O) groups excluding carboxylic acids is 3. The summed E-state index contributed by atoms with van der Waals surface area (Å²) in [6, 6.07) is 17.6. The summed E-state index contributed by atoms with van der Waals surface area (Å²) in [4.78, 5) is 41.3. The van der Waals surface area contributed by atoms with E-state index in [2.05, 4.69) is 10.6 Å². The van der Waals surface area contributed by atoms with Crippen molar-refractivity contribution in [3.05, 3.63) is 77.2 Å². The Morgan fingerprint density at radius 2 is 1.90 bits per heavy atom. The zero-order valence-corrected chi connectivity index (χ0v) is 16.8. The van der Waals surface area contributed by atoms with E-state index >= 15 is 0 Å². The number of carbonyl (C=O) groups is 3. The van der Waals surface area contributed by atoms with Crippen LogP contribution in [0.15, 0.2) is 66.0 Å². The standard InChI is InChI=1S/C23H19N3O3S/c27-21(14-5-2-1-3-6-14)24-16-12-19-22(28)25-18-9-8-15(20-7-4-10-30-20)11-17(18)23(29)26(19)13-16/h1-11,16,19H,12-13H2,(H,24,27)(H,25,28)/t16-,19-/m0/s1. The lowest BCUT2D eigenvalue weighted by Crippen LogP contribution is -2.41. The van der Waals surface area contributed by atoms with E-state index in [0.29, 0.717) is 29.8 Å². The van der Waals surface area contributed by atoms with Crippen molar-refractivity contribution in [2.45, 2.75) is 18.5 Å². The molecule has 6 nitrogen and oxygen atoms in total. The monoisotopic (exact) mass is 417 g/mol. The summed E-state index contributed by atoms with van der Waals surface area (Å²) < 4.78 is 0. The topological polar surface area (TPSA) is 78.5 Å². The zero-order chi connectivity index (χ0) is 20.7. The highest BCUT2D eigenvalue weighted by molar-refractivity contribution is 7.13. The van der Waals surface area contributed by atoms with Gasteiger partial charge in [-0.25, -0.2) is 0 Å². The van der Waals surface area contributed by atoms with Gasteiger partial charge < -0.3 is 15.5 Å². The van der Waals surface area contributed by atoms with E-state index in [1.807, 2.05) is 35.7 Å². The van der Waals surface area contributed by atoms with Gasteiger partial charge in [0.2, 0.25) is 5.91 Å². The molecule has 0 aliphatic carbocycles. The molecule has 3 amide bonds. The molecule has 0 saturated carbocycles. The number of hydrogen-bond donors (Lipinski definition) is 2. The first-order chi connectivity index (χ1) is 14.6. The molecule has 1 saturated heterocycles. The van der Waals surface area contributed by atoms with Crippen molar-refractivity contribution >= 4 is 34.7 Å². The number of benzene rings is 2. The van der Waals surface area contributed by atoms with Gasteiger partial charge in [0, 0.05) is 23.0 Å². The lowest BCUT2D eigenvalue weighted by molar-refractivity contribution is -0.119. The molecule has 3 heterocycles. The number of anilines is 1. The molecule has 150 valence electrons. The summed E-state index contributed by atoms with van der Waals surface area (Å²) in [6.07, 6.45) is 0.391. The average molecular weight is 417 g/mol. The van der Waals surface area contributed by atoms with Crippen LogP contribution in [0, 0.1) is 0 Å². The fourth-order valence-corrected chi connectivity index (χ4v) is 4.79. The van der Waals surface area contributed by atoms with Crippen LogP contribution in [-0.2, 0) is 4.79 Å². The number of thiophene rings is 1. The second-order valence-corrected chi connectivity index (χ2v) is 8.42. The van der Waals surface area contributed by atoms with Crippen LogP contribution in [0.5, 0.6) is 0 Å².